The Morgan fingerprint density at radius 1 is 1.35 bits per heavy atom. The lowest BCUT2D eigenvalue weighted by molar-refractivity contribution is -0.143. The van der Waals surface area contributed by atoms with Gasteiger partial charge in [0.15, 0.2) is 0 Å². The number of nitrogens with one attached hydrogen (secondary N) is 2. The molecule has 0 bridgehead atoms. The molecule has 8 heteroatoms. The second kappa shape index (κ2) is 7.70. The first-order valence-corrected chi connectivity index (χ1v) is 8.19. The molecule has 2 aliphatic rings. The molecule has 3 atom stereocenters. The minimum Gasteiger partial charge on any atom is -0.378 e. The summed E-state index contributed by atoms with van der Waals surface area (Å²) in [6, 6.07) is -0.531. The maximum atomic E-state index is 12.3. The Kier molecular flexibility index (Phi) is 6.13. The van der Waals surface area contributed by atoms with Crippen molar-refractivity contribution in [2.75, 3.05) is 32.8 Å². The van der Waals surface area contributed by atoms with Crippen LogP contribution in [-0.4, -0.2) is 62.0 Å². The predicted octanol–water partition coefficient (Wildman–Crippen LogP) is 1.98. The quantitative estimate of drug-likeness (QED) is 0.807. The predicted molar refractivity (Wildman–Crippen MR) is 80.1 cm³/mol. The topological polar surface area (TPSA) is 53.6 Å². The van der Waals surface area contributed by atoms with Crippen molar-refractivity contribution in [1.82, 2.24) is 15.5 Å². The summed E-state index contributed by atoms with van der Waals surface area (Å²) in [4.78, 5) is 13.2. The first-order valence-electron chi connectivity index (χ1n) is 8.19. The summed E-state index contributed by atoms with van der Waals surface area (Å²) in [5.41, 5.74) is 0. The number of ether oxygens (including phenoxy) is 1. The number of carbonyl (C=O) groups excluding carboxylic acids is 1. The molecule has 2 saturated heterocycles. The molecule has 2 aliphatic heterocycles. The third kappa shape index (κ3) is 5.84. The minimum absolute atomic E-state index is 0.157. The summed E-state index contributed by atoms with van der Waals surface area (Å²) in [5.74, 6) is 0.698. The second-order valence-corrected chi connectivity index (χ2v) is 6.82. The van der Waals surface area contributed by atoms with Crippen molar-refractivity contribution in [3.63, 3.8) is 0 Å². The first kappa shape index (κ1) is 18.3. The van der Waals surface area contributed by atoms with Crippen LogP contribution >= 0.6 is 0 Å². The van der Waals surface area contributed by atoms with Crippen LogP contribution in [0.3, 0.4) is 0 Å². The van der Waals surface area contributed by atoms with Crippen LogP contribution in [0.25, 0.3) is 0 Å². The SMILES string of the molecule is CC(C)[C@@H]1OCC[C@H]1CNC(=O)N[C@H]1CCN(CC(F)(F)F)C1. The molecule has 2 heterocycles. The summed E-state index contributed by atoms with van der Waals surface area (Å²) >= 11 is 0. The van der Waals surface area contributed by atoms with E-state index in [1.54, 1.807) is 0 Å². The van der Waals surface area contributed by atoms with Crippen LogP contribution in [0.4, 0.5) is 18.0 Å². The number of carbonyl (C=O) groups is 1. The highest BCUT2D eigenvalue weighted by Gasteiger charge is 2.35. The van der Waals surface area contributed by atoms with Gasteiger partial charge < -0.3 is 15.4 Å². The van der Waals surface area contributed by atoms with Crippen molar-refractivity contribution in [3.05, 3.63) is 0 Å². The molecule has 0 aromatic rings. The first-order chi connectivity index (χ1) is 10.7. The van der Waals surface area contributed by atoms with Crippen LogP contribution in [-0.2, 0) is 4.74 Å². The molecule has 0 radical (unpaired) electrons. The van der Waals surface area contributed by atoms with Crippen LogP contribution in [0, 0.1) is 11.8 Å². The maximum Gasteiger partial charge on any atom is 0.401 e. The van der Waals surface area contributed by atoms with E-state index >= 15 is 0 Å². The Labute approximate surface area is 134 Å². The average molecular weight is 337 g/mol. The highest BCUT2D eigenvalue weighted by atomic mass is 19.4. The van der Waals surface area contributed by atoms with E-state index in [9.17, 15) is 18.0 Å². The van der Waals surface area contributed by atoms with Crippen molar-refractivity contribution in [1.29, 1.82) is 0 Å². The van der Waals surface area contributed by atoms with Gasteiger partial charge in [0, 0.05) is 38.2 Å². The van der Waals surface area contributed by atoms with Gasteiger partial charge in [-0.3, -0.25) is 4.90 Å². The Balaban J connectivity index is 1.68. The molecule has 0 aromatic carbocycles. The van der Waals surface area contributed by atoms with Crippen molar-refractivity contribution in [2.45, 2.75) is 45.0 Å². The van der Waals surface area contributed by atoms with Gasteiger partial charge >= 0.3 is 12.2 Å². The van der Waals surface area contributed by atoms with Gasteiger partial charge in [-0.2, -0.15) is 13.2 Å². The van der Waals surface area contributed by atoms with Crippen molar-refractivity contribution >= 4 is 6.03 Å². The van der Waals surface area contributed by atoms with E-state index < -0.39 is 12.7 Å². The van der Waals surface area contributed by atoms with E-state index in [1.165, 1.54) is 4.90 Å². The number of likely N-dealkylation sites (tertiary alicyclic amines) is 1. The molecule has 2 amide bonds. The average Bonchev–Trinajstić information content (AvgIpc) is 3.03. The summed E-state index contributed by atoms with van der Waals surface area (Å²) in [6.07, 6.45) is -2.56. The second-order valence-electron chi connectivity index (χ2n) is 6.82. The van der Waals surface area contributed by atoms with Crippen LogP contribution in [0.15, 0.2) is 0 Å². The van der Waals surface area contributed by atoms with E-state index in [0.717, 1.165) is 6.42 Å². The van der Waals surface area contributed by atoms with Crippen LogP contribution in [0.1, 0.15) is 26.7 Å². The lowest BCUT2D eigenvalue weighted by Gasteiger charge is -2.23. The number of alkyl halides is 3. The number of halogens is 3. The molecule has 0 saturated carbocycles. The van der Waals surface area contributed by atoms with Crippen LogP contribution in [0.2, 0.25) is 0 Å². The molecule has 2 fully saturated rings. The molecule has 134 valence electrons. The van der Waals surface area contributed by atoms with Gasteiger partial charge in [0.1, 0.15) is 0 Å². The standard InChI is InChI=1S/C15H26F3N3O2/c1-10(2)13-11(4-6-23-13)7-19-14(22)20-12-3-5-21(8-12)9-15(16,17)18/h10-13H,3-9H2,1-2H3,(H2,19,20,22)/t11-,12-,13-/m0/s1. The molecule has 0 aromatic heterocycles. The van der Waals surface area contributed by atoms with Crippen LogP contribution in [0.5, 0.6) is 0 Å². The molecule has 2 rings (SSSR count). The molecule has 0 unspecified atom stereocenters. The molecule has 23 heavy (non-hydrogen) atoms. The van der Waals surface area contributed by atoms with Gasteiger partial charge in [-0.1, -0.05) is 13.8 Å². The third-order valence-corrected chi connectivity index (χ3v) is 4.46. The zero-order chi connectivity index (χ0) is 17.0. The highest BCUT2D eigenvalue weighted by molar-refractivity contribution is 5.74. The molecule has 0 aliphatic carbocycles. The smallest absolute Gasteiger partial charge is 0.378 e. The zero-order valence-electron chi connectivity index (χ0n) is 13.7. The lowest BCUT2D eigenvalue weighted by Crippen LogP contribution is -2.46. The van der Waals surface area contributed by atoms with E-state index in [0.29, 0.717) is 38.0 Å². The van der Waals surface area contributed by atoms with Crippen LogP contribution < -0.4 is 10.6 Å². The molecule has 5 nitrogen and oxygen atoms in total. The number of rotatable bonds is 5. The summed E-state index contributed by atoms with van der Waals surface area (Å²) in [6.45, 7) is 5.12. The number of hydrogen-bond acceptors (Lipinski definition) is 3. The lowest BCUT2D eigenvalue weighted by atomic mass is 9.93. The fourth-order valence-electron chi connectivity index (χ4n) is 3.42. The Hall–Kier alpha value is -1.02. The summed E-state index contributed by atoms with van der Waals surface area (Å²) < 4.78 is 42.7. The van der Waals surface area contributed by atoms with Gasteiger partial charge in [0.2, 0.25) is 0 Å². The normalized spacial score (nSPS) is 29.2. The Morgan fingerprint density at radius 3 is 2.74 bits per heavy atom. The maximum absolute atomic E-state index is 12.3. The van der Waals surface area contributed by atoms with Gasteiger partial charge in [0.05, 0.1) is 12.6 Å². The van der Waals surface area contributed by atoms with Crippen molar-refractivity contribution in [2.24, 2.45) is 11.8 Å². The molecule has 0 spiro atoms. The molecule has 2 N–H and O–H groups in total. The van der Waals surface area contributed by atoms with Gasteiger partial charge in [-0.15, -0.1) is 0 Å². The monoisotopic (exact) mass is 337 g/mol. The van der Waals surface area contributed by atoms with Crippen molar-refractivity contribution in [3.8, 4) is 0 Å². The fourth-order valence-corrected chi connectivity index (χ4v) is 3.42. The van der Waals surface area contributed by atoms with E-state index in [4.69, 9.17) is 4.74 Å². The molecular formula is C15H26F3N3O2. The number of hydrogen-bond donors (Lipinski definition) is 2. The van der Waals surface area contributed by atoms with E-state index in [2.05, 4.69) is 24.5 Å². The Bertz CT molecular complexity index is 404. The zero-order valence-corrected chi connectivity index (χ0v) is 13.7. The summed E-state index contributed by atoms with van der Waals surface area (Å²) in [5, 5.41) is 5.59. The third-order valence-electron chi connectivity index (χ3n) is 4.46. The number of nitrogens with zero attached hydrogens (tertiary/aromatic N) is 1. The van der Waals surface area contributed by atoms with E-state index in [1.807, 2.05) is 0 Å². The van der Waals surface area contributed by atoms with Crippen molar-refractivity contribution < 1.29 is 22.7 Å². The van der Waals surface area contributed by atoms with Gasteiger partial charge in [-0.25, -0.2) is 4.79 Å². The fraction of sp³-hybridized carbons (Fsp3) is 0.933. The molecular weight excluding hydrogens is 311 g/mol. The van der Waals surface area contributed by atoms with Gasteiger partial charge in [0.25, 0.3) is 0 Å². The number of urea groups is 1. The largest absolute Gasteiger partial charge is 0.401 e. The number of amides is 2. The summed E-state index contributed by atoms with van der Waals surface area (Å²) in [7, 11) is 0. The van der Waals surface area contributed by atoms with E-state index in [-0.39, 0.29) is 24.7 Å². The Morgan fingerprint density at radius 2 is 2.09 bits per heavy atom. The van der Waals surface area contributed by atoms with Gasteiger partial charge in [-0.05, 0) is 18.8 Å². The minimum atomic E-state index is -4.19. The highest BCUT2D eigenvalue weighted by Crippen LogP contribution is 2.26.